The molecule has 7 aromatic carbocycles. The Bertz CT molecular complexity index is 2340. The zero-order valence-corrected chi connectivity index (χ0v) is 26.3. The molecule has 0 spiro atoms. The molecule has 0 aliphatic rings. The van der Waals surface area contributed by atoms with Crippen molar-refractivity contribution in [3.05, 3.63) is 143 Å². The van der Waals surface area contributed by atoms with Crippen molar-refractivity contribution in [2.45, 2.75) is 20.8 Å². The maximum Gasteiger partial charge on any atom is 0.119 e. The Labute approximate surface area is 265 Å². The number of rotatable bonds is 2. The molecular weight excluding hydrogens is 548 g/mol. The number of benzene rings is 7. The van der Waals surface area contributed by atoms with E-state index in [1.54, 1.807) is 14.2 Å². The van der Waals surface area contributed by atoms with Gasteiger partial charge in [0.25, 0.3) is 0 Å². The van der Waals surface area contributed by atoms with Gasteiger partial charge in [-0.25, -0.2) is 0 Å². The quantitative estimate of drug-likeness (QED) is 0.149. The van der Waals surface area contributed by atoms with E-state index in [1.165, 1.54) is 5.56 Å². The molecule has 2 nitrogen and oxygen atoms in total. The van der Waals surface area contributed by atoms with Gasteiger partial charge in [-0.2, -0.15) is 0 Å². The second-order valence-corrected chi connectivity index (χ2v) is 10.6. The van der Waals surface area contributed by atoms with Gasteiger partial charge >= 0.3 is 0 Å². The molecule has 7 rings (SSSR count). The number of aryl methyl sites for hydroxylation is 1. The lowest BCUT2D eigenvalue weighted by atomic mass is 9.90. The topological polar surface area (TPSA) is 18.5 Å². The van der Waals surface area contributed by atoms with Crippen LogP contribution in [0.1, 0.15) is 41.7 Å². The van der Waals surface area contributed by atoms with E-state index in [0.29, 0.717) is 0 Å². The number of methoxy groups -OCH3 is 2. The predicted molar refractivity (Wildman–Crippen MR) is 190 cm³/mol. The van der Waals surface area contributed by atoms with E-state index in [2.05, 4.69) is 116 Å². The van der Waals surface area contributed by atoms with E-state index in [0.717, 1.165) is 76.8 Å². The summed E-state index contributed by atoms with van der Waals surface area (Å²) in [6, 6.07) is 39.7. The Morgan fingerprint density at radius 2 is 0.889 bits per heavy atom. The van der Waals surface area contributed by atoms with E-state index in [4.69, 9.17) is 9.47 Å². The maximum atomic E-state index is 5.44. The zero-order valence-electron chi connectivity index (χ0n) is 26.3. The second kappa shape index (κ2) is 12.9. The Morgan fingerprint density at radius 1 is 0.422 bits per heavy atom. The van der Waals surface area contributed by atoms with E-state index in [1.807, 2.05) is 44.2 Å². The van der Waals surface area contributed by atoms with E-state index >= 15 is 0 Å². The fourth-order valence-corrected chi connectivity index (χ4v) is 5.82. The van der Waals surface area contributed by atoms with Crippen LogP contribution in [0, 0.1) is 30.6 Å². The summed E-state index contributed by atoms with van der Waals surface area (Å²) in [6.45, 7) is 6.12. The summed E-state index contributed by atoms with van der Waals surface area (Å²) < 4.78 is 10.9. The summed E-state index contributed by atoms with van der Waals surface area (Å²) in [5.74, 6) is 15.9. The van der Waals surface area contributed by atoms with Gasteiger partial charge in [0.05, 0.1) is 14.2 Å². The van der Waals surface area contributed by atoms with Gasteiger partial charge in [-0.3, -0.25) is 0 Å². The summed E-state index contributed by atoms with van der Waals surface area (Å²) in [5, 5.41) is 8.84. The van der Waals surface area contributed by atoms with Gasteiger partial charge in [0.15, 0.2) is 0 Å². The SMILES string of the molecule is CC.COc1ccc2c(C#Cc3c4ccccc4c(C#Cc4cccc5cc(OC)ccc45)c4cc(C)ccc34)cccc2c1. The van der Waals surface area contributed by atoms with Crippen molar-refractivity contribution in [2.75, 3.05) is 14.2 Å². The van der Waals surface area contributed by atoms with Gasteiger partial charge in [-0.1, -0.05) is 110 Å². The molecular formula is C43H34O2. The van der Waals surface area contributed by atoms with Crippen molar-refractivity contribution >= 4 is 43.1 Å². The van der Waals surface area contributed by atoms with Crippen molar-refractivity contribution in [3.63, 3.8) is 0 Å². The lowest BCUT2D eigenvalue weighted by Crippen LogP contribution is -1.92. The number of hydrogen-bond donors (Lipinski definition) is 0. The molecule has 0 heterocycles. The highest BCUT2D eigenvalue weighted by Crippen LogP contribution is 2.33. The van der Waals surface area contributed by atoms with Gasteiger partial charge in [-0.15, -0.1) is 0 Å². The highest BCUT2D eigenvalue weighted by Gasteiger charge is 2.12. The van der Waals surface area contributed by atoms with Crippen LogP contribution in [0.3, 0.4) is 0 Å². The van der Waals surface area contributed by atoms with Gasteiger partial charge in [0, 0.05) is 22.3 Å². The third-order valence-corrected chi connectivity index (χ3v) is 8.00. The van der Waals surface area contributed by atoms with Crippen molar-refractivity contribution in [1.82, 2.24) is 0 Å². The number of ether oxygens (including phenoxy) is 2. The van der Waals surface area contributed by atoms with Crippen LogP contribution in [0.2, 0.25) is 0 Å². The highest BCUT2D eigenvalue weighted by atomic mass is 16.5. The lowest BCUT2D eigenvalue weighted by Gasteiger charge is -2.12. The van der Waals surface area contributed by atoms with E-state index in [9.17, 15) is 0 Å². The molecule has 0 saturated carbocycles. The molecule has 218 valence electrons. The Morgan fingerprint density at radius 3 is 1.40 bits per heavy atom. The molecule has 0 aromatic heterocycles. The number of hydrogen-bond acceptors (Lipinski definition) is 2. The first kappa shape index (κ1) is 29.4. The zero-order chi connectivity index (χ0) is 31.3. The summed E-state index contributed by atoms with van der Waals surface area (Å²) in [7, 11) is 3.38. The summed E-state index contributed by atoms with van der Waals surface area (Å²) in [6.07, 6.45) is 0. The third-order valence-electron chi connectivity index (χ3n) is 8.00. The van der Waals surface area contributed by atoms with Gasteiger partial charge in [-0.05, 0) is 98.5 Å². The fraction of sp³-hybridized carbons (Fsp3) is 0.116. The van der Waals surface area contributed by atoms with Crippen LogP contribution in [-0.4, -0.2) is 14.2 Å². The Kier molecular flexibility index (Phi) is 8.41. The van der Waals surface area contributed by atoms with Crippen LogP contribution in [0.15, 0.2) is 115 Å². The molecule has 0 atom stereocenters. The molecule has 0 amide bonds. The first-order valence-electron chi connectivity index (χ1n) is 15.3. The molecule has 0 radical (unpaired) electrons. The van der Waals surface area contributed by atoms with Crippen LogP contribution in [0.5, 0.6) is 11.5 Å². The molecule has 0 saturated heterocycles. The van der Waals surface area contributed by atoms with Crippen LogP contribution < -0.4 is 9.47 Å². The predicted octanol–water partition coefficient (Wildman–Crippen LogP) is 10.5. The van der Waals surface area contributed by atoms with Crippen molar-refractivity contribution < 1.29 is 9.47 Å². The first-order chi connectivity index (χ1) is 22.1. The van der Waals surface area contributed by atoms with Crippen LogP contribution in [0.4, 0.5) is 0 Å². The minimum absolute atomic E-state index is 0.838. The minimum Gasteiger partial charge on any atom is -0.497 e. The van der Waals surface area contributed by atoms with Gasteiger partial charge in [0.2, 0.25) is 0 Å². The average Bonchev–Trinajstić information content (AvgIpc) is 3.10. The average molecular weight is 583 g/mol. The van der Waals surface area contributed by atoms with E-state index in [-0.39, 0.29) is 0 Å². The van der Waals surface area contributed by atoms with Gasteiger partial charge < -0.3 is 9.47 Å². The molecule has 45 heavy (non-hydrogen) atoms. The van der Waals surface area contributed by atoms with E-state index < -0.39 is 0 Å². The molecule has 0 bridgehead atoms. The van der Waals surface area contributed by atoms with Crippen LogP contribution in [0.25, 0.3) is 43.1 Å². The molecule has 0 aliphatic heterocycles. The molecule has 7 aromatic rings. The molecule has 0 aliphatic carbocycles. The molecule has 0 N–H and O–H groups in total. The lowest BCUT2D eigenvalue weighted by molar-refractivity contribution is 0.415. The fourth-order valence-electron chi connectivity index (χ4n) is 5.82. The Hall–Kier alpha value is -5.70. The largest absolute Gasteiger partial charge is 0.497 e. The van der Waals surface area contributed by atoms with Crippen LogP contribution >= 0.6 is 0 Å². The third kappa shape index (κ3) is 5.68. The smallest absolute Gasteiger partial charge is 0.119 e. The van der Waals surface area contributed by atoms with Crippen molar-refractivity contribution in [3.8, 4) is 35.2 Å². The summed E-state index contributed by atoms with van der Waals surface area (Å²) in [4.78, 5) is 0. The maximum absolute atomic E-state index is 5.44. The Balaban J connectivity index is 0.00000175. The van der Waals surface area contributed by atoms with Gasteiger partial charge in [0.1, 0.15) is 11.5 Å². The van der Waals surface area contributed by atoms with Crippen LogP contribution in [-0.2, 0) is 0 Å². The monoisotopic (exact) mass is 582 g/mol. The number of fused-ring (bicyclic) bond motifs is 4. The van der Waals surface area contributed by atoms with Crippen molar-refractivity contribution in [1.29, 1.82) is 0 Å². The minimum atomic E-state index is 0.838. The molecule has 2 heteroatoms. The standard InChI is InChI=1S/C41H28O2.C2H6/c1-27-14-19-39-38(20-15-28-8-6-10-30-25-32(42-2)17-22-34(28)30)36-12-4-5-13-37(36)40(41(39)24-27)21-16-29-9-7-11-31-26-33(43-3)18-23-35(29)31;1-2/h4-14,17-19,22-26H,1-3H3;1-2H3. The molecule has 0 unspecified atom stereocenters. The summed E-state index contributed by atoms with van der Waals surface area (Å²) in [5.41, 5.74) is 5.19. The summed E-state index contributed by atoms with van der Waals surface area (Å²) >= 11 is 0. The first-order valence-corrected chi connectivity index (χ1v) is 15.3. The van der Waals surface area contributed by atoms with Crippen molar-refractivity contribution in [2.24, 2.45) is 0 Å². The second-order valence-electron chi connectivity index (χ2n) is 10.6. The normalized spacial score (nSPS) is 10.4. The highest BCUT2D eigenvalue weighted by molar-refractivity contribution is 6.10. The molecule has 0 fully saturated rings.